The molecule has 1 aromatic heterocycles. The lowest BCUT2D eigenvalue weighted by atomic mass is 10.1. The summed E-state index contributed by atoms with van der Waals surface area (Å²) in [4.78, 5) is 28.2. The first-order chi connectivity index (χ1) is 12.7. The van der Waals surface area contributed by atoms with Crippen LogP contribution in [0.15, 0.2) is 54.6 Å². The molecule has 2 amide bonds. The number of thiazole rings is 1. The molecule has 3 rings (SSSR count). The monoisotopic (exact) mass is 367 g/mol. The van der Waals surface area contributed by atoms with E-state index in [1.54, 1.807) is 11.3 Å². The molecule has 5 nitrogen and oxygen atoms in total. The molecule has 3 aromatic rings. The number of carbonyl (C=O) groups is 2. The molecular formula is C20H21N3O2S. The smallest absolute Gasteiger partial charge is 0.224 e. The minimum atomic E-state index is -0.0709. The van der Waals surface area contributed by atoms with Gasteiger partial charge in [-0.15, -0.1) is 11.3 Å². The van der Waals surface area contributed by atoms with E-state index in [-0.39, 0.29) is 18.2 Å². The van der Waals surface area contributed by atoms with Crippen LogP contribution < -0.4 is 10.6 Å². The summed E-state index contributed by atoms with van der Waals surface area (Å²) in [6.45, 7) is 0.898. The lowest BCUT2D eigenvalue weighted by Crippen LogP contribution is -2.32. The Morgan fingerprint density at radius 3 is 2.42 bits per heavy atom. The van der Waals surface area contributed by atoms with Gasteiger partial charge in [-0.25, -0.2) is 4.98 Å². The maximum Gasteiger partial charge on any atom is 0.224 e. The van der Waals surface area contributed by atoms with E-state index >= 15 is 0 Å². The van der Waals surface area contributed by atoms with Crippen LogP contribution in [-0.2, 0) is 22.4 Å². The zero-order chi connectivity index (χ0) is 18.2. The number of amides is 2. The van der Waals surface area contributed by atoms with E-state index in [9.17, 15) is 9.59 Å². The number of hydrogen-bond acceptors (Lipinski definition) is 4. The van der Waals surface area contributed by atoms with Crippen molar-refractivity contribution in [2.45, 2.75) is 19.3 Å². The van der Waals surface area contributed by atoms with Gasteiger partial charge in [0.25, 0.3) is 0 Å². The first-order valence-corrected chi connectivity index (χ1v) is 9.44. The van der Waals surface area contributed by atoms with Crippen LogP contribution >= 0.6 is 11.3 Å². The first-order valence-electron chi connectivity index (χ1n) is 8.62. The number of fused-ring (bicyclic) bond motifs is 1. The SMILES string of the molecule is O=C(CCNC(=O)Cc1ccccc1)NCCc1nc2ccccc2s1. The van der Waals surface area contributed by atoms with Gasteiger partial charge in [0.05, 0.1) is 21.6 Å². The number of nitrogens with one attached hydrogen (secondary N) is 2. The topological polar surface area (TPSA) is 71.1 Å². The third-order valence-corrected chi connectivity index (χ3v) is 4.98. The molecule has 0 saturated heterocycles. The Hall–Kier alpha value is -2.73. The Bertz CT molecular complexity index is 844. The fraction of sp³-hybridized carbons (Fsp3) is 0.250. The van der Waals surface area contributed by atoms with Gasteiger partial charge in [0.1, 0.15) is 0 Å². The van der Waals surface area contributed by atoms with Crippen LogP contribution in [0.3, 0.4) is 0 Å². The van der Waals surface area contributed by atoms with Crippen molar-refractivity contribution in [2.75, 3.05) is 13.1 Å². The van der Waals surface area contributed by atoms with Crippen molar-refractivity contribution >= 4 is 33.4 Å². The maximum absolute atomic E-state index is 11.9. The van der Waals surface area contributed by atoms with Crippen molar-refractivity contribution < 1.29 is 9.59 Å². The molecule has 2 N–H and O–H groups in total. The Morgan fingerprint density at radius 2 is 1.62 bits per heavy atom. The van der Waals surface area contributed by atoms with E-state index in [4.69, 9.17) is 0 Å². The van der Waals surface area contributed by atoms with Crippen LogP contribution in [-0.4, -0.2) is 29.9 Å². The van der Waals surface area contributed by atoms with Crippen molar-refractivity contribution in [1.29, 1.82) is 0 Å². The highest BCUT2D eigenvalue weighted by Crippen LogP contribution is 2.21. The fourth-order valence-electron chi connectivity index (χ4n) is 2.58. The molecule has 0 fully saturated rings. The van der Waals surface area contributed by atoms with Gasteiger partial charge in [0.2, 0.25) is 11.8 Å². The highest BCUT2D eigenvalue weighted by atomic mass is 32.1. The van der Waals surface area contributed by atoms with Crippen LogP contribution in [0, 0.1) is 0 Å². The zero-order valence-corrected chi connectivity index (χ0v) is 15.2. The molecule has 0 unspecified atom stereocenters. The molecule has 26 heavy (non-hydrogen) atoms. The molecular weight excluding hydrogens is 346 g/mol. The van der Waals surface area contributed by atoms with E-state index in [0.717, 1.165) is 20.8 Å². The molecule has 0 spiro atoms. The molecule has 134 valence electrons. The Labute approximate surface area is 156 Å². The Balaban J connectivity index is 1.32. The average molecular weight is 367 g/mol. The largest absolute Gasteiger partial charge is 0.356 e. The quantitative estimate of drug-likeness (QED) is 0.643. The Kier molecular flexibility index (Phi) is 6.33. The fourth-order valence-corrected chi connectivity index (χ4v) is 3.55. The first kappa shape index (κ1) is 18.1. The van der Waals surface area contributed by atoms with Crippen LogP contribution in [0.25, 0.3) is 10.2 Å². The summed E-state index contributed by atoms with van der Waals surface area (Å²) in [5, 5.41) is 6.67. The van der Waals surface area contributed by atoms with Gasteiger partial charge in [0.15, 0.2) is 0 Å². The molecule has 0 saturated carbocycles. The standard InChI is InChI=1S/C20H21N3O2S/c24-18(10-12-22-19(25)14-15-6-2-1-3-7-15)21-13-11-20-23-16-8-4-5-9-17(16)26-20/h1-9H,10-14H2,(H,21,24)(H,22,25). The summed E-state index contributed by atoms with van der Waals surface area (Å²) >= 11 is 1.65. The zero-order valence-electron chi connectivity index (χ0n) is 14.4. The highest BCUT2D eigenvalue weighted by Gasteiger charge is 2.06. The van der Waals surface area contributed by atoms with Crippen LogP contribution in [0.2, 0.25) is 0 Å². The molecule has 0 aliphatic carbocycles. The van der Waals surface area contributed by atoms with E-state index in [1.807, 2.05) is 54.6 Å². The Morgan fingerprint density at radius 1 is 0.885 bits per heavy atom. The molecule has 1 heterocycles. The third-order valence-electron chi connectivity index (χ3n) is 3.88. The van der Waals surface area contributed by atoms with Crippen molar-refractivity contribution in [3.8, 4) is 0 Å². The summed E-state index contributed by atoms with van der Waals surface area (Å²) in [6, 6.07) is 17.6. The van der Waals surface area contributed by atoms with Gasteiger partial charge in [-0.05, 0) is 17.7 Å². The number of nitrogens with zero attached hydrogens (tertiary/aromatic N) is 1. The van der Waals surface area contributed by atoms with Gasteiger partial charge in [-0.1, -0.05) is 42.5 Å². The van der Waals surface area contributed by atoms with Crippen molar-refractivity contribution in [2.24, 2.45) is 0 Å². The minimum absolute atomic E-state index is 0.0638. The van der Waals surface area contributed by atoms with Gasteiger partial charge in [0, 0.05) is 25.9 Å². The molecule has 2 aromatic carbocycles. The number of aromatic nitrogens is 1. The van der Waals surface area contributed by atoms with Crippen molar-refractivity contribution in [3.63, 3.8) is 0 Å². The molecule has 0 bridgehead atoms. The van der Waals surface area contributed by atoms with E-state index in [2.05, 4.69) is 15.6 Å². The number of benzene rings is 2. The molecule has 0 aliphatic heterocycles. The second kappa shape index (κ2) is 9.10. The molecule has 0 aliphatic rings. The second-order valence-electron chi connectivity index (χ2n) is 5.94. The number of carbonyl (C=O) groups excluding carboxylic acids is 2. The normalized spacial score (nSPS) is 10.6. The van der Waals surface area contributed by atoms with Crippen LogP contribution in [0.5, 0.6) is 0 Å². The lowest BCUT2D eigenvalue weighted by Gasteiger charge is -2.06. The van der Waals surface area contributed by atoms with Gasteiger partial charge in [-0.3, -0.25) is 9.59 Å². The predicted octanol–water partition coefficient (Wildman–Crippen LogP) is 2.70. The summed E-state index contributed by atoms with van der Waals surface area (Å²) in [6.07, 6.45) is 1.33. The number of hydrogen-bond donors (Lipinski definition) is 2. The van der Waals surface area contributed by atoms with E-state index in [0.29, 0.717) is 25.9 Å². The average Bonchev–Trinajstić information content (AvgIpc) is 3.05. The molecule has 6 heteroatoms. The van der Waals surface area contributed by atoms with Gasteiger partial charge >= 0.3 is 0 Å². The number of rotatable bonds is 8. The van der Waals surface area contributed by atoms with E-state index < -0.39 is 0 Å². The van der Waals surface area contributed by atoms with Crippen molar-refractivity contribution in [1.82, 2.24) is 15.6 Å². The second-order valence-corrected chi connectivity index (χ2v) is 7.05. The molecule has 0 atom stereocenters. The summed E-state index contributed by atoms with van der Waals surface area (Å²) in [5.74, 6) is -0.135. The highest BCUT2D eigenvalue weighted by molar-refractivity contribution is 7.18. The lowest BCUT2D eigenvalue weighted by molar-refractivity contribution is -0.122. The summed E-state index contributed by atoms with van der Waals surface area (Å²) in [5.41, 5.74) is 1.96. The van der Waals surface area contributed by atoms with Crippen LogP contribution in [0.4, 0.5) is 0 Å². The van der Waals surface area contributed by atoms with Crippen molar-refractivity contribution in [3.05, 3.63) is 65.2 Å². The maximum atomic E-state index is 11.9. The number of para-hydroxylation sites is 1. The van der Waals surface area contributed by atoms with Gasteiger partial charge < -0.3 is 10.6 Å². The van der Waals surface area contributed by atoms with E-state index in [1.165, 1.54) is 0 Å². The molecule has 0 radical (unpaired) electrons. The van der Waals surface area contributed by atoms with Crippen LogP contribution in [0.1, 0.15) is 17.0 Å². The third kappa shape index (κ3) is 5.39. The minimum Gasteiger partial charge on any atom is -0.356 e. The predicted molar refractivity (Wildman–Crippen MR) is 104 cm³/mol. The summed E-state index contributed by atoms with van der Waals surface area (Å²) < 4.78 is 1.16. The summed E-state index contributed by atoms with van der Waals surface area (Å²) in [7, 11) is 0. The van der Waals surface area contributed by atoms with Gasteiger partial charge in [-0.2, -0.15) is 0 Å².